The summed E-state index contributed by atoms with van der Waals surface area (Å²) in [6.45, 7) is 0.379. The number of anilines is 1. The number of ether oxygens (including phenoxy) is 2. The number of amides is 1. The Bertz CT molecular complexity index is 977. The molecule has 3 rings (SSSR count). The summed E-state index contributed by atoms with van der Waals surface area (Å²) in [4.78, 5) is 12.4. The van der Waals surface area contributed by atoms with Crippen LogP contribution in [-0.2, 0) is 21.5 Å². The monoisotopic (exact) mass is 439 g/mol. The molecular formula is C19H22ClN3O5S. The van der Waals surface area contributed by atoms with Crippen molar-refractivity contribution in [2.24, 2.45) is 0 Å². The Morgan fingerprint density at radius 1 is 1.07 bits per heavy atom. The van der Waals surface area contributed by atoms with Gasteiger partial charge in [0.2, 0.25) is 5.91 Å². The summed E-state index contributed by atoms with van der Waals surface area (Å²) in [7, 11) is -0.749. The predicted molar refractivity (Wildman–Crippen MR) is 111 cm³/mol. The summed E-state index contributed by atoms with van der Waals surface area (Å²) in [5, 5.41) is 3.19. The standard InChI is InChI=1S/C19H22ClN3O5S/c1-27-16-9-15(10-17(11-16)28-2)21-19(24)13-23-8-7-22(29(23,25)26)12-14-5-3-4-6-18(14)20/h3-6,9-11H,7-8,12-13H2,1-2H3,(H,21,24). The van der Waals surface area contributed by atoms with Gasteiger partial charge in [-0.15, -0.1) is 0 Å². The van der Waals surface area contributed by atoms with E-state index in [1.165, 1.54) is 18.5 Å². The lowest BCUT2D eigenvalue weighted by molar-refractivity contribution is -0.116. The fourth-order valence-corrected chi connectivity index (χ4v) is 4.72. The molecule has 29 heavy (non-hydrogen) atoms. The van der Waals surface area contributed by atoms with Gasteiger partial charge in [-0.05, 0) is 11.6 Å². The van der Waals surface area contributed by atoms with Crippen molar-refractivity contribution < 1.29 is 22.7 Å². The van der Waals surface area contributed by atoms with Gasteiger partial charge in [0.05, 0.1) is 20.8 Å². The quantitative estimate of drug-likeness (QED) is 0.715. The Morgan fingerprint density at radius 2 is 1.69 bits per heavy atom. The van der Waals surface area contributed by atoms with Crippen molar-refractivity contribution in [3.05, 3.63) is 53.1 Å². The molecule has 0 saturated carbocycles. The van der Waals surface area contributed by atoms with Gasteiger partial charge in [-0.1, -0.05) is 29.8 Å². The van der Waals surface area contributed by atoms with Crippen LogP contribution in [0.4, 0.5) is 5.69 Å². The minimum absolute atomic E-state index is 0.160. The molecule has 1 N–H and O–H groups in total. The summed E-state index contributed by atoms with van der Waals surface area (Å²) >= 11 is 6.14. The Hall–Kier alpha value is -2.33. The predicted octanol–water partition coefficient (Wildman–Crippen LogP) is 2.36. The molecule has 0 unspecified atom stereocenters. The third-order valence-corrected chi connectivity index (χ3v) is 6.81. The SMILES string of the molecule is COc1cc(NC(=O)CN2CCN(Cc3ccccc3Cl)S2(=O)=O)cc(OC)c1. The molecule has 1 heterocycles. The molecule has 2 aromatic rings. The fraction of sp³-hybridized carbons (Fsp3) is 0.316. The first-order valence-electron chi connectivity index (χ1n) is 8.85. The second kappa shape index (κ2) is 9.00. The summed E-state index contributed by atoms with van der Waals surface area (Å²) in [5.41, 5.74) is 1.17. The number of benzene rings is 2. The molecule has 1 fully saturated rings. The number of methoxy groups -OCH3 is 2. The van der Waals surface area contributed by atoms with E-state index in [9.17, 15) is 13.2 Å². The first-order valence-corrected chi connectivity index (χ1v) is 10.6. The third-order valence-electron chi connectivity index (χ3n) is 4.51. The van der Waals surface area contributed by atoms with Crippen LogP contribution >= 0.6 is 11.6 Å². The van der Waals surface area contributed by atoms with E-state index >= 15 is 0 Å². The third kappa shape index (κ3) is 4.99. The van der Waals surface area contributed by atoms with Crippen molar-refractivity contribution in [3.63, 3.8) is 0 Å². The van der Waals surface area contributed by atoms with Gasteiger partial charge >= 0.3 is 0 Å². The van der Waals surface area contributed by atoms with Crippen LogP contribution in [0, 0.1) is 0 Å². The van der Waals surface area contributed by atoms with Crippen molar-refractivity contribution >= 4 is 33.4 Å². The maximum atomic E-state index is 12.8. The number of carbonyl (C=O) groups is 1. The number of nitrogens with zero attached hydrogens (tertiary/aromatic N) is 2. The lowest BCUT2D eigenvalue weighted by Crippen LogP contribution is -2.37. The van der Waals surface area contributed by atoms with E-state index in [1.807, 2.05) is 0 Å². The van der Waals surface area contributed by atoms with Gasteiger partial charge in [0.15, 0.2) is 0 Å². The van der Waals surface area contributed by atoms with Crippen LogP contribution in [0.15, 0.2) is 42.5 Å². The molecule has 10 heteroatoms. The number of carbonyl (C=O) groups excluding carboxylic acids is 1. The molecule has 8 nitrogen and oxygen atoms in total. The Balaban J connectivity index is 1.66. The van der Waals surface area contributed by atoms with Gasteiger partial charge in [-0.2, -0.15) is 17.0 Å². The zero-order chi connectivity index (χ0) is 21.0. The second-order valence-corrected chi connectivity index (χ2v) is 8.75. The molecule has 2 aromatic carbocycles. The highest BCUT2D eigenvalue weighted by molar-refractivity contribution is 7.87. The largest absolute Gasteiger partial charge is 0.497 e. The number of hydrogen-bond acceptors (Lipinski definition) is 5. The van der Waals surface area contributed by atoms with E-state index in [1.54, 1.807) is 42.5 Å². The molecule has 0 aliphatic carbocycles. The van der Waals surface area contributed by atoms with E-state index in [0.717, 1.165) is 4.31 Å². The minimum Gasteiger partial charge on any atom is -0.497 e. The van der Waals surface area contributed by atoms with Crippen LogP contribution in [-0.4, -0.2) is 56.8 Å². The number of halogens is 1. The molecule has 0 bridgehead atoms. The molecule has 0 radical (unpaired) electrons. The molecule has 1 saturated heterocycles. The van der Waals surface area contributed by atoms with E-state index < -0.39 is 16.1 Å². The van der Waals surface area contributed by atoms with Crippen molar-refractivity contribution in [3.8, 4) is 11.5 Å². The molecule has 0 atom stereocenters. The van der Waals surface area contributed by atoms with Crippen LogP contribution in [0.2, 0.25) is 5.02 Å². The molecule has 0 aromatic heterocycles. The van der Waals surface area contributed by atoms with Crippen molar-refractivity contribution in [1.82, 2.24) is 8.61 Å². The maximum Gasteiger partial charge on any atom is 0.282 e. The summed E-state index contributed by atoms with van der Waals surface area (Å²) < 4.78 is 38.4. The van der Waals surface area contributed by atoms with Gasteiger partial charge in [0.25, 0.3) is 10.2 Å². The fourth-order valence-electron chi connectivity index (χ4n) is 3.00. The first-order chi connectivity index (χ1) is 13.8. The number of hydrogen-bond donors (Lipinski definition) is 1. The van der Waals surface area contributed by atoms with Gasteiger partial charge in [-0.25, -0.2) is 0 Å². The van der Waals surface area contributed by atoms with Crippen molar-refractivity contribution in [2.75, 3.05) is 39.2 Å². The van der Waals surface area contributed by atoms with Crippen molar-refractivity contribution in [2.45, 2.75) is 6.54 Å². The average molecular weight is 440 g/mol. The maximum absolute atomic E-state index is 12.8. The summed E-state index contributed by atoms with van der Waals surface area (Å²) in [6, 6.07) is 12.0. The van der Waals surface area contributed by atoms with Gasteiger partial charge in [-0.3, -0.25) is 4.79 Å². The molecule has 156 valence electrons. The van der Waals surface area contributed by atoms with Crippen LogP contribution < -0.4 is 14.8 Å². The molecule has 1 amide bonds. The van der Waals surface area contributed by atoms with Crippen molar-refractivity contribution in [1.29, 1.82) is 0 Å². The summed E-state index contributed by atoms with van der Waals surface area (Å²) in [5.74, 6) is 0.571. The topological polar surface area (TPSA) is 88.2 Å². The normalized spacial score (nSPS) is 16.5. The van der Waals surface area contributed by atoms with E-state index in [-0.39, 0.29) is 26.2 Å². The number of rotatable bonds is 7. The Morgan fingerprint density at radius 3 is 2.31 bits per heavy atom. The van der Waals surface area contributed by atoms with Crippen LogP contribution in [0.25, 0.3) is 0 Å². The first kappa shape index (κ1) is 21.4. The Labute approximate surface area is 175 Å². The molecular weight excluding hydrogens is 418 g/mol. The van der Waals surface area contributed by atoms with Gasteiger partial charge in [0, 0.05) is 48.5 Å². The van der Waals surface area contributed by atoms with Gasteiger partial charge < -0.3 is 14.8 Å². The highest BCUT2D eigenvalue weighted by Crippen LogP contribution is 2.26. The van der Waals surface area contributed by atoms with Gasteiger partial charge in [0.1, 0.15) is 11.5 Å². The lowest BCUT2D eigenvalue weighted by Gasteiger charge is -2.19. The Kier molecular flexibility index (Phi) is 6.63. The van der Waals surface area contributed by atoms with Crippen LogP contribution in [0.5, 0.6) is 11.5 Å². The zero-order valence-electron chi connectivity index (χ0n) is 16.1. The lowest BCUT2D eigenvalue weighted by atomic mass is 10.2. The second-order valence-electron chi connectivity index (χ2n) is 6.42. The van der Waals surface area contributed by atoms with E-state index in [0.29, 0.717) is 27.8 Å². The molecule has 0 spiro atoms. The summed E-state index contributed by atoms with van der Waals surface area (Å²) in [6.07, 6.45) is 0. The molecule has 1 aliphatic heterocycles. The highest BCUT2D eigenvalue weighted by atomic mass is 35.5. The number of nitrogens with one attached hydrogen (secondary N) is 1. The smallest absolute Gasteiger partial charge is 0.282 e. The van der Waals surface area contributed by atoms with E-state index in [2.05, 4.69) is 5.32 Å². The van der Waals surface area contributed by atoms with Crippen LogP contribution in [0.1, 0.15) is 5.56 Å². The van der Waals surface area contributed by atoms with E-state index in [4.69, 9.17) is 21.1 Å². The molecule has 1 aliphatic rings. The zero-order valence-corrected chi connectivity index (χ0v) is 17.7. The average Bonchev–Trinajstić information content (AvgIpc) is 2.96. The van der Waals surface area contributed by atoms with Crippen LogP contribution in [0.3, 0.4) is 0 Å². The minimum atomic E-state index is -3.76. The highest BCUT2D eigenvalue weighted by Gasteiger charge is 2.37.